The third-order valence-electron chi connectivity index (χ3n) is 6.54. The number of nitrogens with one attached hydrogen (secondary N) is 1. The van der Waals surface area contributed by atoms with E-state index in [-0.39, 0.29) is 23.8 Å². The van der Waals surface area contributed by atoms with Gasteiger partial charge in [-0.2, -0.15) is 11.8 Å². The van der Waals surface area contributed by atoms with Gasteiger partial charge in [0.1, 0.15) is 6.04 Å². The first kappa shape index (κ1) is 31.7. The zero-order valence-electron chi connectivity index (χ0n) is 24.0. The molecule has 0 radical (unpaired) electrons. The molecule has 36 heavy (non-hydrogen) atoms. The minimum absolute atomic E-state index is 0.0515. The topological polar surface area (TPSA) is 75.7 Å². The maximum atomic E-state index is 13.8. The van der Waals surface area contributed by atoms with Crippen LogP contribution in [0.2, 0.25) is 0 Å². The van der Waals surface area contributed by atoms with Crippen LogP contribution in [0.15, 0.2) is 42.0 Å². The molecule has 0 aliphatic carbocycles. The highest BCUT2D eigenvalue weighted by Crippen LogP contribution is 2.34. The first-order valence-corrected chi connectivity index (χ1v) is 13.9. The molecular weight excluding hydrogens is 472 g/mol. The Hall–Kier alpha value is -2.28. The van der Waals surface area contributed by atoms with Crippen molar-refractivity contribution < 1.29 is 19.1 Å². The lowest BCUT2D eigenvalue weighted by Crippen LogP contribution is -2.59. The van der Waals surface area contributed by atoms with Gasteiger partial charge in [0, 0.05) is 18.0 Å². The molecule has 202 valence electrons. The van der Waals surface area contributed by atoms with Crippen LogP contribution in [-0.2, 0) is 24.5 Å². The van der Waals surface area contributed by atoms with Crippen molar-refractivity contribution in [3.63, 3.8) is 0 Å². The number of rotatable bonds is 11. The van der Waals surface area contributed by atoms with Crippen LogP contribution in [-0.4, -0.2) is 59.9 Å². The van der Waals surface area contributed by atoms with Crippen molar-refractivity contribution in [3.8, 4) is 0 Å². The Morgan fingerprint density at radius 2 is 1.64 bits per heavy atom. The summed E-state index contributed by atoms with van der Waals surface area (Å²) >= 11 is 1.48. The molecule has 0 saturated carbocycles. The predicted molar refractivity (Wildman–Crippen MR) is 150 cm³/mol. The molecule has 1 rings (SSSR count). The fraction of sp³-hybridized carbons (Fsp3) is 0.621. The van der Waals surface area contributed by atoms with E-state index in [1.807, 2.05) is 71.2 Å². The van der Waals surface area contributed by atoms with Crippen LogP contribution in [0.4, 0.5) is 0 Å². The maximum absolute atomic E-state index is 13.8. The number of carbonyl (C=O) groups is 3. The summed E-state index contributed by atoms with van der Waals surface area (Å²) < 4.78 is 5.12. The Morgan fingerprint density at radius 3 is 2.08 bits per heavy atom. The Morgan fingerprint density at radius 1 is 1.08 bits per heavy atom. The molecule has 0 aliphatic rings. The molecule has 0 aliphatic heterocycles. The van der Waals surface area contributed by atoms with E-state index >= 15 is 0 Å². The van der Waals surface area contributed by atoms with Crippen molar-refractivity contribution in [1.82, 2.24) is 10.2 Å². The van der Waals surface area contributed by atoms with Gasteiger partial charge in [0.25, 0.3) is 0 Å². The maximum Gasteiger partial charge on any atom is 0.333 e. The lowest BCUT2D eigenvalue weighted by molar-refractivity contribution is -0.140. The summed E-state index contributed by atoms with van der Waals surface area (Å²) in [7, 11) is 1.73. The van der Waals surface area contributed by atoms with Gasteiger partial charge in [0.15, 0.2) is 0 Å². The van der Waals surface area contributed by atoms with Gasteiger partial charge in [-0.1, -0.05) is 84.9 Å². The molecule has 0 fully saturated rings. The normalized spacial score (nSPS) is 15.2. The van der Waals surface area contributed by atoms with Gasteiger partial charge < -0.3 is 15.0 Å². The van der Waals surface area contributed by atoms with Crippen LogP contribution in [0.3, 0.4) is 0 Å². The second-order valence-electron chi connectivity index (χ2n) is 11.3. The lowest BCUT2D eigenvalue weighted by Gasteiger charge is -2.39. The summed E-state index contributed by atoms with van der Waals surface area (Å²) in [5.74, 6) is -0.705. The summed E-state index contributed by atoms with van der Waals surface area (Å²) in [5.41, 5.74) is 0.554. The van der Waals surface area contributed by atoms with Crippen LogP contribution in [0.1, 0.15) is 67.9 Å². The number of benzene rings is 1. The summed E-state index contributed by atoms with van der Waals surface area (Å²) in [5, 5.41) is 2.70. The molecule has 7 heteroatoms. The van der Waals surface area contributed by atoms with Crippen LogP contribution in [0.25, 0.3) is 0 Å². The van der Waals surface area contributed by atoms with E-state index < -0.39 is 28.1 Å². The number of amides is 2. The Kier molecular flexibility index (Phi) is 11.7. The first-order chi connectivity index (χ1) is 16.6. The van der Waals surface area contributed by atoms with Gasteiger partial charge in [-0.25, -0.2) is 4.79 Å². The average Bonchev–Trinajstić information content (AvgIpc) is 2.80. The van der Waals surface area contributed by atoms with Crippen molar-refractivity contribution in [2.75, 3.05) is 19.9 Å². The van der Waals surface area contributed by atoms with Crippen LogP contribution < -0.4 is 5.32 Å². The SMILES string of the molecule is CCOC(=O)C(C)=C[C@H](C(C)C)N(C)C(=O)[C@@H](NC(=O)[C@@H](SC)C(C)(C)c1ccccc1)C(C)(C)C. The number of ether oxygens (including phenoxy) is 1. The van der Waals surface area contributed by atoms with E-state index in [1.54, 1.807) is 31.9 Å². The van der Waals surface area contributed by atoms with Crippen LogP contribution >= 0.6 is 11.8 Å². The summed E-state index contributed by atoms with van der Waals surface area (Å²) in [4.78, 5) is 41.3. The van der Waals surface area contributed by atoms with Crippen molar-refractivity contribution in [2.24, 2.45) is 11.3 Å². The minimum atomic E-state index is -0.742. The molecule has 0 heterocycles. The fourth-order valence-electron chi connectivity index (χ4n) is 4.29. The number of hydrogen-bond acceptors (Lipinski definition) is 5. The quantitative estimate of drug-likeness (QED) is 0.321. The van der Waals surface area contributed by atoms with Crippen LogP contribution in [0, 0.1) is 11.3 Å². The van der Waals surface area contributed by atoms with Gasteiger partial charge in [0.05, 0.1) is 17.9 Å². The second-order valence-corrected chi connectivity index (χ2v) is 12.2. The van der Waals surface area contributed by atoms with E-state index in [9.17, 15) is 14.4 Å². The van der Waals surface area contributed by atoms with E-state index in [4.69, 9.17) is 4.74 Å². The molecule has 2 amide bonds. The Bertz CT molecular complexity index is 919. The molecule has 0 aromatic heterocycles. The summed E-state index contributed by atoms with van der Waals surface area (Å²) in [6.07, 6.45) is 3.71. The minimum Gasteiger partial charge on any atom is -0.463 e. The summed E-state index contributed by atoms with van der Waals surface area (Å²) in [6, 6.07) is 8.89. The molecule has 1 aromatic rings. The number of nitrogens with zero attached hydrogens (tertiary/aromatic N) is 1. The van der Waals surface area contributed by atoms with Crippen molar-refractivity contribution in [2.45, 2.75) is 85.1 Å². The molecule has 1 aromatic carbocycles. The van der Waals surface area contributed by atoms with Crippen molar-refractivity contribution >= 4 is 29.5 Å². The van der Waals surface area contributed by atoms with E-state index in [0.29, 0.717) is 12.2 Å². The monoisotopic (exact) mass is 518 g/mol. The fourth-order valence-corrected chi connectivity index (χ4v) is 5.29. The number of hydrogen-bond donors (Lipinski definition) is 1. The molecule has 3 atom stereocenters. The third kappa shape index (κ3) is 8.12. The van der Waals surface area contributed by atoms with Crippen molar-refractivity contribution in [3.05, 3.63) is 47.5 Å². The van der Waals surface area contributed by atoms with Gasteiger partial charge >= 0.3 is 5.97 Å². The highest BCUT2D eigenvalue weighted by molar-refractivity contribution is 8.00. The van der Waals surface area contributed by atoms with Gasteiger partial charge in [-0.3, -0.25) is 9.59 Å². The predicted octanol–water partition coefficient (Wildman–Crippen LogP) is 5.22. The first-order valence-electron chi connectivity index (χ1n) is 12.6. The highest BCUT2D eigenvalue weighted by Gasteiger charge is 2.41. The molecule has 0 spiro atoms. The van der Waals surface area contributed by atoms with E-state index in [1.165, 1.54) is 11.8 Å². The van der Waals surface area contributed by atoms with Gasteiger partial charge in [-0.15, -0.1) is 0 Å². The van der Waals surface area contributed by atoms with Gasteiger partial charge in [-0.05, 0) is 37.0 Å². The van der Waals surface area contributed by atoms with Crippen LogP contribution in [0.5, 0.6) is 0 Å². The average molecular weight is 519 g/mol. The van der Waals surface area contributed by atoms with E-state index in [2.05, 4.69) is 19.2 Å². The van der Waals surface area contributed by atoms with Gasteiger partial charge in [0.2, 0.25) is 11.8 Å². The smallest absolute Gasteiger partial charge is 0.333 e. The number of esters is 1. The number of carbonyl (C=O) groups excluding carboxylic acids is 3. The molecule has 0 bridgehead atoms. The largest absolute Gasteiger partial charge is 0.463 e. The highest BCUT2D eigenvalue weighted by atomic mass is 32.2. The number of likely N-dealkylation sites (N-methyl/N-ethyl adjacent to an activating group) is 1. The van der Waals surface area contributed by atoms with Crippen molar-refractivity contribution in [1.29, 1.82) is 0 Å². The lowest BCUT2D eigenvalue weighted by atomic mass is 9.80. The van der Waals surface area contributed by atoms with E-state index in [0.717, 1.165) is 5.56 Å². The zero-order chi connectivity index (χ0) is 27.8. The second kappa shape index (κ2) is 13.3. The molecule has 1 N–H and O–H groups in total. The third-order valence-corrected chi connectivity index (χ3v) is 7.82. The molecule has 0 saturated heterocycles. The standard InChI is InChI=1S/C29H46N2O4S/c1-12-35-27(34)20(4)18-22(19(2)3)31(10)26(33)23(28(5,6)7)30-25(32)24(36-11)29(8,9)21-16-14-13-15-17-21/h13-19,22-24H,12H2,1-11H3,(H,30,32)/t22-,23-,24-/m1/s1. The summed E-state index contributed by atoms with van der Waals surface area (Å²) in [6.45, 7) is 17.7. The molecular formula is C29H46N2O4S. The Balaban J connectivity index is 3.28. The Labute approximate surface area is 222 Å². The molecule has 6 nitrogen and oxygen atoms in total. The zero-order valence-corrected chi connectivity index (χ0v) is 24.8. The number of thioether (sulfide) groups is 1. The molecule has 0 unspecified atom stereocenters.